The van der Waals surface area contributed by atoms with Crippen molar-refractivity contribution in [3.63, 3.8) is 0 Å². The monoisotopic (exact) mass is 330 g/mol. The molecule has 0 aliphatic heterocycles. The van der Waals surface area contributed by atoms with Crippen molar-refractivity contribution in [2.75, 3.05) is 11.9 Å². The molecule has 122 valence electrons. The van der Waals surface area contributed by atoms with E-state index in [1.807, 2.05) is 0 Å². The molecule has 2 heterocycles. The van der Waals surface area contributed by atoms with Gasteiger partial charge in [-0.05, 0) is 24.3 Å². The predicted molar refractivity (Wildman–Crippen MR) is 80.8 cm³/mol. The van der Waals surface area contributed by atoms with Crippen molar-refractivity contribution in [3.05, 3.63) is 48.0 Å². The lowest BCUT2D eigenvalue weighted by molar-refractivity contribution is -0.115. The number of nitrogens with one attached hydrogen (secondary N) is 2. The van der Waals surface area contributed by atoms with Crippen LogP contribution in [0.5, 0.6) is 5.75 Å². The summed E-state index contributed by atoms with van der Waals surface area (Å²) in [6.45, 7) is -0.387. The molecule has 0 aliphatic carbocycles. The molecular weight excluding hydrogens is 319 g/mol. The number of hydrogen-bond donors (Lipinski definition) is 3. The van der Waals surface area contributed by atoms with Crippen LogP contribution in [0.25, 0.3) is 11.1 Å². The van der Waals surface area contributed by atoms with Gasteiger partial charge in [0.15, 0.2) is 11.3 Å². The van der Waals surface area contributed by atoms with E-state index in [2.05, 4.69) is 20.6 Å². The number of rotatable bonds is 4. The van der Waals surface area contributed by atoms with Gasteiger partial charge in [0.05, 0.1) is 6.54 Å². The molecule has 0 saturated carbocycles. The van der Waals surface area contributed by atoms with E-state index in [0.29, 0.717) is 5.58 Å². The average molecular weight is 330 g/mol. The summed E-state index contributed by atoms with van der Waals surface area (Å²) in [7, 11) is 0. The summed E-state index contributed by atoms with van der Waals surface area (Å²) in [4.78, 5) is 31.2. The van der Waals surface area contributed by atoms with E-state index in [9.17, 15) is 19.1 Å². The minimum atomic E-state index is -0.706. The Morgan fingerprint density at radius 1 is 1.29 bits per heavy atom. The van der Waals surface area contributed by atoms with Crippen LogP contribution in [-0.4, -0.2) is 33.4 Å². The molecule has 0 spiro atoms. The van der Waals surface area contributed by atoms with Gasteiger partial charge in [-0.15, -0.1) is 0 Å². The van der Waals surface area contributed by atoms with Gasteiger partial charge in [0, 0.05) is 12.3 Å². The maximum atomic E-state index is 13.1. The van der Waals surface area contributed by atoms with Gasteiger partial charge in [-0.2, -0.15) is 4.98 Å². The zero-order chi connectivity index (χ0) is 17.1. The summed E-state index contributed by atoms with van der Waals surface area (Å²) in [5.41, 5.74) is 0.379. The van der Waals surface area contributed by atoms with Gasteiger partial charge in [0.2, 0.25) is 5.91 Å². The zero-order valence-electron chi connectivity index (χ0n) is 12.1. The van der Waals surface area contributed by atoms with Crippen LogP contribution in [0.2, 0.25) is 0 Å². The van der Waals surface area contributed by atoms with Gasteiger partial charge in [-0.25, -0.2) is 9.37 Å². The van der Waals surface area contributed by atoms with Crippen molar-refractivity contribution in [1.82, 2.24) is 15.3 Å². The molecule has 9 heteroatoms. The van der Waals surface area contributed by atoms with Crippen LogP contribution >= 0.6 is 0 Å². The summed E-state index contributed by atoms with van der Waals surface area (Å²) >= 11 is 0. The maximum Gasteiger partial charge on any atom is 0.302 e. The predicted octanol–water partition coefficient (Wildman–Crippen LogP) is 1.44. The third kappa shape index (κ3) is 3.29. The van der Waals surface area contributed by atoms with Crippen molar-refractivity contribution < 1.29 is 23.5 Å². The number of pyridine rings is 1. The van der Waals surface area contributed by atoms with Crippen LogP contribution in [0, 0.1) is 5.82 Å². The Bertz CT molecular complexity index is 925. The highest BCUT2D eigenvalue weighted by molar-refractivity contribution is 5.99. The number of carbonyl (C=O) groups excluding carboxylic acids is 2. The van der Waals surface area contributed by atoms with Crippen LogP contribution in [0.3, 0.4) is 0 Å². The van der Waals surface area contributed by atoms with Crippen molar-refractivity contribution in [2.45, 2.75) is 0 Å². The number of aromatic hydroxyl groups is 1. The Balaban J connectivity index is 1.61. The van der Waals surface area contributed by atoms with Crippen molar-refractivity contribution >= 4 is 28.9 Å². The van der Waals surface area contributed by atoms with Gasteiger partial charge >= 0.3 is 6.01 Å². The first-order chi connectivity index (χ1) is 11.5. The average Bonchev–Trinajstić information content (AvgIpc) is 2.94. The number of amides is 2. The molecule has 0 bridgehead atoms. The molecule has 2 amide bonds. The number of anilines is 1. The Hall–Kier alpha value is -3.49. The Labute approximate surface area is 134 Å². The number of oxazole rings is 1. The van der Waals surface area contributed by atoms with Gasteiger partial charge in [-0.3, -0.25) is 14.9 Å². The minimum Gasteiger partial charge on any atom is -0.505 e. The van der Waals surface area contributed by atoms with Gasteiger partial charge in [0.25, 0.3) is 5.91 Å². The van der Waals surface area contributed by atoms with Crippen molar-refractivity contribution in [2.24, 2.45) is 0 Å². The molecule has 3 rings (SSSR count). The van der Waals surface area contributed by atoms with E-state index >= 15 is 0 Å². The third-order valence-electron chi connectivity index (χ3n) is 3.01. The maximum absolute atomic E-state index is 13.1. The van der Waals surface area contributed by atoms with Gasteiger partial charge < -0.3 is 14.8 Å². The minimum absolute atomic E-state index is 0.115. The number of carbonyl (C=O) groups is 2. The summed E-state index contributed by atoms with van der Waals surface area (Å²) in [6, 6.07) is 6.42. The third-order valence-corrected chi connectivity index (χ3v) is 3.01. The van der Waals surface area contributed by atoms with E-state index in [-0.39, 0.29) is 29.5 Å². The summed E-state index contributed by atoms with van der Waals surface area (Å²) in [5.74, 6) is -2.08. The highest BCUT2D eigenvalue weighted by Gasteiger charge is 2.15. The number of aromatic nitrogens is 2. The number of halogens is 1. The Kier molecular flexibility index (Phi) is 4.06. The summed E-state index contributed by atoms with van der Waals surface area (Å²) in [5, 5.41) is 14.1. The number of benzene rings is 1. The van der Waals surface area contributed by atoms with Crippen molar-refractivity contribution in [1.29, 1.82) is 0 Å². The first kappa shape index (κ1) is 15.4. The summed E-state index contributed by atoms with van der Waals surface area (Å²) in [6.07, 6.45) is 1.34. The molecule has 8 nitrogen and oxygen atoms in total. The first-order valence-electron chi connectivity index (χ1n) is 6.81. The van der Waals surface area contributed by atoms with Crippen LogP contribution < -0.4 is 10.6 Å². The Morgan fingerprint density at radius 2 is 2.12 bits per heavy atom. The number of fused-ring (bicyclic) bond motifs is 1. The van der Waals surface area contributed by atoms with Crippen LogP contribution in [0.15, 0.2) is 40.9 Å². The van der Waals surface area contributed by atoms with Gasteiger partial charge in [0.1, 0.15) is 17.1 Å². The highest BCUT2D eigenvalue weighted by atomic mass is 19.1. The van der Waals surface area contributed by atoms with E-state index in [1.165, 1.54) is 36.5 Å². The molecule has 0 radical (unpaired) electrons. The normalized spacial score (nSPS) is 10.5. The lowest BCUT2D eigenvalue weighted by Crippen LogP contribution is -2.33. The van der Waals surface area contributed by atoms with E-state index in [4.69, 9.17) is 4.42 Å². The molecule has 0 saturated heterocycles. The lowest BCUT2D eigenvalue weighted by atomic mass is 10.3. The fraction of sp³-hybridized carbons (Fsp3) is 0.0667. The second-order valence-electron chi connectivity index (χ2n) is 4.73. The largest absolute Gasteiger partial charge is 0.505 e. The standard InChI is InChI=1S/C15H11FN4O4/c16-8-3-4-11-9(6-8)19-15(24-11)20-12(22)7-18-14(23)13-10(21)2-1-5-17-13/h1-6,21H,7H2,(H,18,23)(H,19,20,22). The molecule has 3 N–H and O–H groups in total. The summed E-state index contributed by atoms with van der Waals surface area (Å²) < 4.78 is 18.3. The topological polar surface area (TPSA) is 117 Å². The zero-order valence-corrected chi connectivity index (χ0v) is 12.1. The molecule has 3 aromatic rings. The van der Waals surface area contributed by atoms with E-state index < -0.39 is 17.6 Å². The molecule has 0 aliphatic rings. The molecule has 24 heavy (non-hydrogen) atoms. The van der Waals surface area contributed by atoms with E-state index in [0.717, 1.165) is 0 Å². The molecule has 0 fully saturated rings. The van der Waals surface area contributed by atoms with Crippen molar-refractivity contribution in [3.8, 4) is 5.75 Å². The Morgan fingerprint density at radius 3 is 2.92 bits per heavy atom. The number of nitrogens with zero attached hydrogens (tertiary/aromatic N) is 2. The fourth-order valence-electron chi connectivity index (χ4n) is 1.93. The van der Waals surface area contributed by atoms with Gasteiger partial charge in [-0.1, -0.05) is 0 Å². The molecule has 0 atom stereocenters. The van der Waals surface area contributed by atoms with E-state index in [1.54, 1.807) is 0 Å². The highest BCUT2D eigenvalue weighted by Crippen LogP contribution is 2.19. The molecule has 1 aromatic carbocycles. The first-order valence-corrected chi connectivity index (χ1v) is 6.81. The molecule has 0 unspecified atom stereocenters. The lowest BCUT2D eigenvalue weighted by Gasteiger charge is -2.05. The van der Waals surface area contributed by atoms with Crippen LogP contribution in [0.4, 0.5) is 10.4 Å². The smallest absolute Gasteiger partial charge is 0.302 e. The fourth-order valence-corrected chi connectivity index (χ4v) is 1.93. The quantitative estimate of drug-likeness (QED) is 0.666. The second kappa shape index (κ2) is 6.32. The molecular formula is C15H11FN4O4. The molecule has 2 aromatic heterocycles. The van der Waals surface area contributed by atoms with Crippen LogP contribution in [0.1, 0.15) is 10.5 Å². The second-order valence-corrected chi connectivity index (χ2v) is 4.73. The number of hydrogen-bond acceptors (Lipinski definition) is 6. The SMILES string of the molecule is O=C(CNC(=O)c1ncccc1O)Nc1nc2cc(F)ccc2o1. The van der Waals surface area contributed by atoms with Crippen LogP contribution in [-0.2, 0) is 4.79 Å².